The molecule has 0 fully saturated rings. The van der Waals surface area contributed by atoms with Gasteiger partial charge >= 0.3 is 0 Å². The van der Waals surface area contributed by atoms with Gasteiger partial charge < -0.3 is 0 Å². The molecule has 7 heteroatoms. The molecule has 1 aromatic carbocycles. The summed E-state index contributed by atoms with van der Waals surface area (Å²) in [5.41, 5.74) is 4.43. The Morgan fingerprint density at radius 3 is 2.94 bits per heavy atom. The van der Waals surface area contributed by atoms with E-state index in [0.717, 1.165) is 27.5 Å². The average molecular weight is 317 g/mol. The zero-order valence-corrected chi connectivity index (χ0v) is 11.1. The molecule has 0 saturated carbocycles. The number of nitrogens with zero attached hydrogens (tertiary/aromatic N) is 2. The molecule has 4 nitrogen and oxygen atoms in total. The summed E-state index contributed by atoms with van der Waals surface area (Å²) in [5, 5.41) is 0. The summed E-state index contributed by atoms with van der Waals surface area (Å²) in [5.74, 6) is 5.22. The van der Waals surface area contributed by atoms with Crippen LogP contribution in [0.15, 0.2) is 28.9 Å². The zero-order valence-electron chi connectivity index (χ0n) is 8.73. The van der Waals surface area contributed by atoms with Crippen LogP contribution in [0.1, 0.15) is 17.3 Å². The Labute approximate surface area is 110 Å². The van der Waals surface area contributed by atoms with Gasteiger partial charge in [0.2, 0.25) is 0 Å². The standard InChI is InChI=1S/C10H10BrFN4S/c11-8-4-7(12)2-1-6(8)3-9(15-13)10-5-14-17-16-10/h1-2,4-5,9,15H,3,13H2. The fourth-order valence-electron chi connectivity index (χ4n) is 1.48. The van der Waals surface area contributed by atoms with Gasteiger partial charge in [-0.25, -0.2) is 4.39 Å². The number of aromatic nitrogens is 2. The summed E-state index contributed by atoms with van der Waals surface area (Å²) in [6.45, 7) is 0. The van der Waals surface area contributed by atoms with Crippen molar-refractivity contribution in [3.05, 3.63) is 45.9 Å². The van der Waals surface area contributed by atoms with Gasteiger partial charge in [-0.1, -0.05) is 22.0 Å². The molecular weight excluding hydrogens is 307 g/mol. The van der Waals surface area contributed by atoms with Gasteiger partial charge in [0.25, 0.3) is 0 Å². The number of nitrogens with one attached hydrogen (secondary N) is 1. The first-order valence-corrected chi connectivity index (χ1v) is 6.40. The van der Waals surface area contributed by atoms with Crippen LogP contribution in [0.5, 0.6) is 0 Å². The van der Waals surface area contributed by atoms with Gasteiger partial charge in [0.05, 0.1) is 29.7 Å². The van der Waals surface area contributed by atoms with Crippen molar-refractivity contribution in [3.8, 4) is 0 Å². The molecule has 0 aliphatic heterocycles. The first-order valence-electron chi connectivity index (χ1n) is 4.88. The number of hydrogen-bond donors (Lipinski definition) is 2. The third-order valence-corrected chi connectivity index (χ3v) is 3.61. The molecular formula is C10H10BrFN4S. The smallest absolute Gasteiger partial charge is 0.124 e. The maximum absolute atomic E-state index is 12.9. The third kappa shape index (κ3) is 3.06. The first-order chi connectivity index (χ1) is 8.20. The van der Waals surface area contributed by atoms with Crippen molar-refractivity contribution < 1.29 is 4.39 Å². The molecule has 0 spiro atoms. The SMILES string of the molecule is NNC(Cc1ccc(F)cc1Br)c1cnsn1. The molecule has 90 valence electrons. The largest absolute Gasteiger partial charge is 0.271 e. The molecule has 0 aliphatic carbocycles. The molecule has 3 N–H and O–H groups in total. The van der Waals surface area contributed by atoms with Crippen molar-refractivity contribution in [2.45, 2.75) is 12.5 Å². The van der Waals surface area contributed by atoms with Gasteiger partial charge in [-0.15, -0.1) is 0 Å². The fourth-order valence-corrected chi connectivity index (χ4v) is 2.47. The van der Waals surface area contributed by atoms with Gasteiger partial charge in [0.1, 0.15) is 5.82 Å². The molecule has 1 aromatic heterocycles. The molecule has 2 rings (SSSR count). The van der Waals surface area contributed by atoms with Gasteiger partial charge in [-0.3, -0.25) is 11.3 Å². The van der Waals surface area contributed by atoms with Crippen molar-refractivity contribution >= 4 is 27.7 Å². The van der Waals surface area contributed by atoms with Crippen LogP contribution in [0.2, 0.25) is 0 Å². The highest BCUT2D eigenvalue weighted by molar-refractivity contribution is 9.10. The molecule has 0 saturated heterocycles. The van der Waals surface area contributed by atoms with E-state index >= 15 is 0 Å². The number of nitrogens with two attached hydrogens (primary N) is 1. The normalized spacial score (nSPS) is 12.6. The minimum absolute atomic E-state index is 0.129. The van der Waals surface area contributed by atoms with E-state index in [-0.39, 0.29) is 11.9 Å². The molecule has 2 aromatic rings. The Hall–Kier alpha value is -0.890. The lowest BCUT2D eigenvalue weighted by Gasteiger charge is -2.14. The van der Waals surface area contributed by atoms with E-state index in [1.165, 1.54) is 12.1 Å². The molecule has 1 unspecified atom stereocenters. The van der Waals surface area contributed by atoms with Gasteiger partial charge in [-0.05, 0) is 24.1 Å². The summed E-state index contributed by atoms with van der Waals surface area (Å²) >= 11 is 4.46. The van der Waals surface area contributed by atoms with Crippen molar-refractivity contribution in [1.29, 1.82) is 0 Å². The Kier molecular flexibility index (Phi) is 4.16. The van der Waals surface area contributed by atoms with Gasteiger partial charge in [0, 0.05) is 4.47 Å². The molecule has 0 radical (unpaired) electrons. The topological polar surface area (TPSA) is 63.8 Å². The lowest BCUT2D eigenvalue weighted by Crippen LogP contribution is -2.29. The second kappa shape index (κ2) is 5.63. The van der Waals surface area contributed by atoms with Crippen LogP contribution in [0, 0.1) is 5.82 Å². The monoisotopic (exact) mass is 316 g/mol. The van der Waals surface area contributed by atoms with Crippen molar-refractivity contribution in [3.63, 3.8) is 0 Å². The van der Waals surface area contributed by atoms with Crippen molar-refractivity contribution in [2.24, 2.45) is 5.84 Å². The highest BCUT2D eigenvalue weighted by Gasteiger charge is 2.15. The average Bonchev–Trinajstić information content (AvgIpc) is 2.81. The number of rotatable bonds is 4. The highest BCUT2D eigenvalue weighted by Crippen LogP contribution is 2.23. The second-order valence-corrected chi connectivity index (χ2v) is 4.90. The maximum Gasteiger partial charge on any atom is 0.124 e. The summed E-state index contributed by atoms with van der Waals surface area (Å²) < 4.78 is 21.7. The molecule has 1 heterocycles. The van der Waals surface area contributed by atoms with Crippen LogP contribution in [0.4, 0.5) is 4.39 Å². The lowest BCUT2D eigenvalue weighted by atomic mass is 10.0. The second-order valence-electron chi connectivity index (χ2n) is 3.49. The van der Waals surface area contributed by atoms with Crippen molar-refractivity contribution in [1.82, 2.24) is 14.2 Å². The first kappa shape index (κ1) is 12.6. The Morgan fingerprint density at radius 1 is 1.53 bits per heavy atom. The third-order valence-electron chi connectivity index (χ3n) is 2.38. The minimum Gasteiger partial charge on any atom is -0.271 e. The van der Waals surface area contributed by atoms with Crippen LogP contribution < -0.4 is 11.3 Å². The van der Waals surface area contributed by atoms with Crippen LogP contribution in [-0.4, -0.2) is 8.75 Å². The minimum atomic E-state index is -0.270. The summed E-state index contributed by atoms with van der Waals surface area (Å²) in [4.78, 5) is 0. The predicted octanol–water partition coefficient (Wildman–Crippen LogP) is 2.19. The van der Waals surface area contributed by atoms with E-state index in [2.05, 4.69) is 30.1 Å². The predicted molar refractivity (Wildman–Crippen MR) is 67.8 cm³/mol. The molecule has 0 amide bonds. The number of hydrogen-bond acceptors (Lipinski definition) is 5. The van der Waals surface area contributed by atoms with E-state index in [0.29, 0.717) is 6.42 Å². The van der Waals surface area contributed by atoms with Crippen LogP contribution in [0.25, 0.3) is 0 Å². The summed E-state index contributed by atoms with van der Waals surface area (Å²) in [7, 11) is 0. The molecule has 1 atom stereocenters. The van der Waals surface area contributed by atoms with Crippen molar-refractivity contribution in [2.75, 3.05) is 0 Å². The van der Waals surface area contributed by atoms with E-state index in [9.17, 15) is 4.39 Å². The van der Waals surface area contributed by atoms with Crippen LogP contribution >= 0.6 is 27.7 Å². The Morgan fingerprint density at radius 2 is 2.35 bits per heavy atom. The molecule has 17 heavy (non-hydrogen) atoms. The van der Waals surface area contributed by atoms with E-state index in [4.69, 9.17) is 5.84 Å². The number of benzene rings is 1. The summed E-state index contributed by atoms with van der Waals surface area (Å²) in [6, 6.07) is 4.45. The molecule has 0 bridgehead atoms. The van der Waals surface area contributed by atoms with E-state index in [1.54, 1.807) is 12.3 Å². The molecule has 0 aliphatic rings. The van der Waals surface area contributed by atoms with Gasteiger partial charge in [0.15, 0.2) is 0 Å². The lowest BCUT2D eigenvalue weighted by molar-refractivity contribution is 0.540. The fraction of sp³-hybridized carbons (Fsp3) is 0.200. The maximum atomic E-state index is 12.9. The van der Waals surface area contributed by atoms with E-state index in [1.807, 2.05) is 0 Å². The van der Waals surface area contributed by atoms with Crippen LogP contribution in [0.3, 0.4) is 0 Å². The Balaban J connectivity index is 2.19. The zero-order chi connectivity index (χ0) is 12.3. The highest BCUT2D eigenvalue weighted by atomic mass is 79.9. The van der Waals surface area contributed by atoms with Gasteiger partial charge in [-0.2, -0.15) is 8.75 Å². The number of hydrazine groups is 1. The quantitative estimate of drug-likeness (QED) is 0.670. The number of halogens is 2. The van der Waals surface area contributed by atoms with E-state index < -0.39 is 0 Å². The summed E-state index contributed by atoms with van der Waals surface area (Å²) in [6.07, 6.45) is 2.29. The Bertz CT molecular complexity index is 491. The van der Waals surface area contributed by atoms with Crippen LogP contribution in [-0.2, 0) is 6.42 Å².